The van der Waals surface area contributed by atoms with Crippen molar-refractivity contribution in [2.75, 3.05) is 13.1 Å². The Morgan fingerprint density at radius 2 is 2.31 bits per heavy atom. The zero-order chi connectivity index (χ0) is 9.10. The van der Waals surface area contributed by atoms with Gasteiger partial charge in [0.05, 0.1) is 5.69 Å². The molecule has 2 heterocycles. The van der Waals surface area contributed by atoms with Crippen molar-refractivity contribution in [2.45, 2.75) is 18.8 Å². The highest BCUT2D eigenvalue weighted by Gasteiger charge is 2.16. The molecule has 2 rings (SSSR count). The number of nitrogens with one attached hydrogen (secondary N) is 1. The fourth-order valence-corrected chi connectivity index (χ4v) is 1.86. The average molecular weight is 242 g/mol. The summed E-state index contributed by atoms with van der Waals surface area (Å²) in [4.78, 5) is 0. The summed E-state index contributed by atoms with van der Waals surface area (Å²) < 4.78 is 0.806. The van der Waals surface area contributed by atoms with Crippen LogP contribution >= 0.6 is 15.9 Å². The summed E-state index contributed by atoms with van der Waals surface area (Å²) in [6.45, 7) is 2.18. The van der Waals surface area contributed by atoms with Gasteiger partial charge in [-0.3, -0.25) is 0 Å². The average Bonchev–Trinajstić information content (AvgIpc) is 2.20. The number of aromatic nitrogens is 2. The van der Waals surface area contributed by atoms with Crippen LogP contribution in [-0.2, 0) is 0 Å². The van der Waals surface area contributed by atoms with Crippen molar-refractivity contribution in [1.82, 2.24) is 15.5 Å². The molecule has 1 N–H and O–H groups in total. The highest BCUT2D eigenvalue weighted by atomic mass is 79.9. The van der Waals surface area contributed by atoms with Gasteiger partial charge in [-0.15, -0.1) is 5.10 Å². The van der Waals surface area contributed by atoms with Crippen LogP contribution in [0.1, 0.15) is 24.5 Å². The van der Waals surface area contributed by atoms with Gasteiger partial charge in [-0.1, -0.05) is 0 Å². The number of halogens is 1. The fourth-order valence-electron chi connectivity index (χ4n) is 1.65. The largest absolute Gasteiger partial charge is 0.316 e. The molecule has 0 amide bonds. The Morgan fingerprint density at radius 3 is 2.92 bits per heavy atom. The van der Waals surface area contributed by atoms with E-state index in [1.54, 1.807) is 0 Å². The Morgan fingerprint density at radius 1 is 1.38 bits per heavy atom. The summed E-state index contributed by atoms with van der Waals surface area (Å²) in [7, 11) is 0. The van der Waals surface area contributed by atoms with Crippen molar-refractivity contribution >= 4 is 15.9 Å². The summed E-state index contributed by atoms with van der Waals surface area (Å²) >= 11 is 3.28. The van der Waals surface area contributed by atoms with E-state index in [4.69, 9.17) is 0 Å². The van der Waals surface area contributed by atoms with Gasteiger partial charge in [-0.2, -0.15) is 5.10 Å². The lowest BCUT2D eigenvalue weighted by atomic mass is 9.96. The van der Waals surface area contributed by atoms with Crippen molar-refractivity contribution < 1.29 is 0 Å². The highest BCUT2D eigenvalue weighted by molar-refractivity contribution is 9.10. The molecule has 0 aromatic carbocycles. The first kappa shape index (κ1) is 9.09. The van der Waals surface area contributed by atoms with Gasteiger partial charge in [0.25, 0.3) is 0 Å². The smallest absolute Gasteiger partial charge is 0.128 e. The topological polar surface area (TPSA) is 37.8 Å². The standard InChI is InChI=1S/C9H12BrN3/c10-9-4-3-8(12-13-9)7-2-1-5-11-6-7/h3-4,7,11H,1-2,5-6H2. The van der Waals surface area contributed by atoms with E-state index in [9.17, 15) is 0 Å². The SMILES string of the molecule is Brc1ccc(C2CCCNC2)nn1. The number of nitrogens with zero attached hydrogens (tertiary/aromatic N) is 2. The van der Waals surface area contributed by atoms with Crippen molar-refractivity contribution in [2.24, 2.45) is 0 Å². The van der Waals surface area contributed by atoms with Crippen molar-refractivity contribution in [3.05, 3.63) is 22.4 Å². The summed E-state index contributed by atoms with van der Waals surface area (Å²) in [5.74, 6) is 0.550. The predicted molar refractivity (Wildman–Crippen MR) is 54.6 cm³/mol. The Hall–Kier alpha value is -0.480. The minimum absolute atomic E-state index is 0.550. The lowest BCUT2D eigenvalue weighted by Gasteiger charge is -2.21. The molecule has 0 aliphatic carbocycles. The van der Waals surface area contributed by atoms with Crippen LogP contribution in [0.3, 0.4) is 0 Å². The maximum Gasteiger partial charge on any atom is 0.128 e. The van der Waals surface area contributed by atoms with Crippen LogP contribution < -0.4 is 5.32 Å². The second-order valence-corrected chi connectivity index (χ2v) is 4.14. The molecule has 1 aromatic heterocycles. The molecule has 1 aliphatic heterocycles. The van der Waals surface area contributed by atoms with Crippen molar-refractivity contribution in [1.29, 1.82) is 0 Å². The molecule has 13 heavy (non-hydrogen) atoms. The molecule has 1 aliphatic rings. The van der Waals surface area contributed by atoms with Gasteiger partial charge in [-0.25, -0.2) is 0 Å². The molecule has 1 unspecified atom stereocenters. The van der Waals surface area contributed by atoms with E-state index >= 15 is 0 Å². The Labute approximate surface area is 86.1 Å². The fraction of sp³-hybridized carbons (Fsp3) is 0.556. The maximum atomic E-state index is 4.17. The molecular formula is C9H12BrN3. The van der Waals surface area contributed by atoms with Gasteiger partial charge in [0.1, 0.15) is 4.60 Å². The molecule has 0 saturated carbocycles. The lowest BCUT2D eigenvalue weighted by Crippen LogP contribution is -2.28. The summed E-state index contributed by atoms with van der Waals surface area (Å²) in [6, 6.07) is 4.01. The molecule has 0 bridgehead atoms. The highest BCUT2D eigenvalue weighted by Crippen LogP contribution is 2.21. The summed E-state index contributed by atoms with van der Waals surface area (Å²) in [5, 5.41) is 11.5. The third-order valence-corrected chi connectivity index (χ3v) is 2.79. The van der Waals surface area contributed by atoms with Crippen LogP contribution in [0.15, 0.2) is 16.7 Å². The molecule has 70 valence electrons. The molecular weight excluding hydrogens is 230 g/mol. The minimum atomic E-state index is 0.550. The molecule has 0 radical (unpaired) electrons. The number of hydrogen-bond acceptors (Lipinski definition) is 3. The van der Waals surface area contributed by atoms with E-state index in [2.05, 4.69) is 37.5 Å². The van der Waals surface area contributed by atoms with Crippen LogP contribution in [0.2, 0.25) is 0 Å². The quantitative estimate of drug-likeness (QED) is 0.814. The van der Waals surface area contributed by atoms with E-state index < -0.39 is 0 Å². The first-order chi connectivity index (χ1) is 6.36. The second-order valence-electron chi connectivity index (χ2n) is 3.32. The van der Waals surface area contributed by atoms with Crippen molar-refractivity contribution in [3.63, 3.8) is 0 Å². The van der Waals surface area contributed by atoms with Gasteiger partial charge >= 0.3 is 0 Å². The van der Waals surface area contributed by atoms with E-state index in [1.165, 1.54) is 12.8 Å². The molecule has 1 aromatic rings. The van der Waals surface area contributed by atoms with Gasteiger partial charge < -0.3 is 5.32 Å². The van der Waals surface area contributed by atoms with Crippen LogP contribution in [0.25, 0.3) is 0 Å². The normalized spacial score (nSPS) is 23.0. The molecule has 1 atom stereocenters. The molecule has 1 fully saturated rings. The Balaban J connectivity index is 2.10. The third-order valence-electron chi connectivity index (χ3n) is 2.37. The second kappa shape index (κ2) is 4.15. The lowest BCUT2D eigenvalue weighted by molar-refractivity contribution is 0.451. The minimum Gasteiger partial charge on any atom is -0.316 e. The van der Waals surface area contributed by atoms with Crippen LogP contribution in [0, 0.1) is 0 Å². The van der Waals surface area contributed by atoms with E-state index in [0.717, 1.165) is 23.4 Å². The molecule has 1 saturated heterocycles. The number of piperidine rings is 1. The maximum absolute atomic E-state index is 4.17. The molecule has 0 spiro atoms. The van der Waals surface area contributed by atoms with E-state index in [-0.39, 0.29) is 0 Å². The predicted octanol–water partition coefficient (Wildman–Crippen LogP) is 1.71. The van der Waals surface area contributed by atoms with Crippen molar-refractivity contribution in [3.8, 4) is 0 Å². The zero-order valence-electron chi connectivity index (χ0n) is 7.33. The van der Waals surface area contributed by atoms with Gasteiger partial charge in [-0.05, 0) is 47.4 Å². The molecule has 4 heteroatoms. The monoisotopic (exact) mass is 241 g/mol. The van der Waals surface area contributed by atoms with E-state index in [1.807, 2.05) is 6.07 Å². The number of hydrogen-bond donors (Lipinski definition) is 1. The Bertz CT molecular complexity index is 267. The van der Waals surface area contributed by atoms with Crippen LogP contribution in [0.5, 0.6) is 0 Å². The molecule has 3 nitrogen and oxygen atoms in total. The first-order valence-corrected chi connectivity index (χ1v) is 5.35. The zero-order valence-corrected chi connectivity index (χ0v) is 8.92. The first-order valence-electron chi connectivity index (χ1n) is 4.56. The van der Waals surface area contributed by atoms with Gasteiger partial charge in [0, 0.05) is 12.5 Å². The van der Waals surface area contributed by atoms with Crippen LogP contribution in [0.4, 0.5) is 0 Å². The summed E-state index contributed by atoms with van der Waals surface area (Å²) in [5.41, 5.74) is 1.11. The van der Waals surface area contributed by atoms with Gasteiger partial charge in [0.2, 0.25) is 0 Å². The van der Waals surface area contributed by atoms with Crippen LogP contribution in [-0.4, -0.2) is 23.3 Å². The third kappa shape index (κ3) is 2.25. The number of rotatable bonds is 1. The summed E-state index contributed by atoms with van der Waals surface area (Å²) in [6.07, 6.45) is 2.46. The van der Waals surface area contributed by atoms with Gasteiger partial charge in [0.15, 0.2) is 0 Å². The Kier molecular flexibility index (Phi) is 2.90. The van der Waals surface area contributed by atoms with E-state index in [0.29, 0.717) is 5.92 Å².